The second-order valence-electron chi connectivity index (χ2n) is 21.1. The van der Waals surface area contributed by atoms with E-state index in [2.05, 4.69) is 13.8 Å². The van der Waals surface area contributed by atoms with Crippen LogP contribution in [-0.2, 0) is 33.2 Å². The third-order valence-corrected chi connectivity index (χ3v) is 17.7. The van der Waals surface area contributed by atoms with Crippen LogP contribution < -0.4 is 0 Å². The van der Waals surface area contributed by atoms with Crippen molar-refractivity contribution in [3.05, 3.63) is 0 Å². The Labute approximate surface area is 368 Å². The van der Waals surface area contributed by atoms with E-state index in [0.717, 1.165) is 25.7 Å². The van der Waals surface area contributed by atoms with Crippen LogP contribution in [0.4, 0.5) is 0 Å². The minimum Gasteiger partial charge on any atom is -0.394 e. The fraction of sp³-hybridized carbons (Fsp3) is 1.00. The van der Waals surface area contributed by atoms with E-state index in [1.807, 2.05) is 13.8 Å². The van der Waals surface area contributed by atoms with Gasteiger partial charge in [0.05, 0.1) is 44.7 Å². The minimum absolute atomic E-state index is 0.0807. The monoisotopic (exact) mass is 906 g/mol. The highest BCUT2D eigenvalue weighted by Gasteiger charge is 2.72. The first-order chi connectivity index (χ1) is 29.8. The number of aliphatic hydroxyl groups is 12. The quantitative estimate of drug-likeness (QED) is 0.0928. The molecule has 63 heavy (non-hydrogen) atoms. The van der Waals surface area contributed by atoms with E-state index in [1.165, 1.54) is 0 Å². The van der Waals surface area contributed by atoms with Crippen molar-refractivity contribution in [2.75, 3.05) is 26.4 Å². The van der Waals surface area contributed by atoms with Crippen LogP contribution >= 0.6 is 0 Å². The van der Waals surface area contributed by atoms with Gasteiger partial charge in [0.15, 0.2) is 24.7 Å². The second kappa shape index (κ2) is 18.6. The highest BCUT2D eigenvalue weighted by atomic mass is 16.7. The lowest BCUT2D eigenvalue weighted by Crippen LogP contribution is -2.66. The first kappa shape index (κ1) is 48.7. The van der Waals surface area contributed by atoms with Gasteiger partial charge in [-0.2, -0.15) is 0 Å². The molecule has 0 spiro atoms. The molecule has 19 nitrogen and oxygen atoms in total. The van der Waals surface area contributed by atoms with E-state index < -0.39 is 117 Å². The molecule has 364 valence electrons. The maximum atomic E-state index is 12.4. The summed E-state index contributed by atoms with van der Waals surface area (Å²) in [5, 5.41) is 128. The number of aliphatic hydroxyl groups excluding tert-OH is 11. The SMILES string of the molecule is C[C@@H](CC[C@@]1(O)O[C@H]2C[C@H]3[C@@H]4CC[C@@H]5C[C@@H](O)CC[C@]5(C)[C@H]4CC(O[C@@H]4O[C@H](CO)[C@H](O)[C@H](O[C@@H]5O[C@H](CO)[C@@H](O)[C@H](O)[C@H]5O)[C@H]4O)[C@]3(C)[C@H]2[C@@H]1C)CO[C@@H]1OC[C@H](O)[C@H](O)[C@H]1O. The summed E-state index contributed by atoms with van der Waals surface area (Å²) >= 11 is 0. The first-order valence-electron chi connectivity index (χ1n) is 23.4. The standard InChI is InChI=1S/C44H74O19/c1-18(16-57-39-35(53)31(49)25(48)17-58-39)7-10-44(56)19(2)30-26(63-44)12-24-22-6-5-20-11-21(47)8-9-42(20,3)23(22)13-29(43(24,30)4)61-41-37(55)38(33(51)28(15-46)60-41)62-40-36(54)34(52)32(50)27(14-45)59-40/h18-41,45-56H,5-17H2,1-4H3/t18-,19-,20+,21-,22+,23-,24-,25-,26-,27+,28+,29?,30-,31-,32+,33-,34-,35+,36+,37+,38-,39+,40-,41-,42-,43+,44+/m0/s1. The average Bonchev–Trinajstić information content (AvgIpc) is 3.70. The number of rotatable bonds is 12. The Morgan fingerprint density at radius 3 is 2.08 bits per heavy atom. The van der Waals surface area contributed by atoms with Crippen LogP contribution in [0.2, 0.25) is 0 Å². The van der Waals surface area contributed by atoms with Crippen LogP contribution in [0.25, 0.3) is 0 Å². The Bertz CT molecular complexity index is 1550. The molecule has 8 fully saturated rings. The van der Waals surface area contributed by atoms with Gasteiger partial charge in [0, 0.05) is 23.7 Å². The maximum absolute atomic E-state index is 12.4. The molecule has 27 atom stereocenters. The van der Waals surface area contributed by atoms with E-state index in [9.17, 15) is 61.3 Å². The molecule has 0 bridgehead atoms. The van der Waals surface area contributed by atoms with E-state index in [1.54, 1.807) is 0 Å². The summed E-state index contributed by atoms with van der Waals surface area (Å²) in [5.41, 5.74) is -0.737. The highest BCUT2D eigenvalue weighted by Crippen LogP contribution is 2.71. The van der Waals surface area contributed by atoms with Gasteiger partial charge in [-0.15, -0.1) is 0 Å². The Hall–Kier alpha value is -0.760. The number of hydrogen-bond acceptors (Lipinski definition) is 19. The number of ether oxygens (including phenoxy) is 7. The molecular weight excluding hydrogens is 832 g/mol. The summed E-state index contributed by atoms with van der Waals surface area (Å²) in [4.78, 5) is 0. The fourth-order valence-corrected chi connectivity index (χ4v) is 13.9. The van der Waals surface area contributed by atoms with Gasteiger partial charge in [0.2, 0.25) is 0 Å². The van der Waals surface area contributed by atoms with Crippen LogP contribution in [0.15, 0.2) is 0 Å². The van der Waals surface area contributed by atoms with Gasteiger partial charge >= 0.3 is 0 Å². The minimum atomic E-state index is -1.82. The van der Waals surface area contributed by atoms with Crippen LogP contribution in [-0.4, -0.2) is 198 Å². The van der Waals surface area contributed by atoms with E-state index >= 15 is 0 Å². The predicted octanol–water partition coefficient (Wildman–Crippen LogP) is -2.17. The topological polar surface area (TPSA) is 307 Å². The maximum Gasteiger partial charge on any atom is 0.187 e. The average molecular weight is 907 g/mol. The van der Waals surface area contributed by atoms with Crippen molar-refractivity contribution >= 4 is 0 Å². The normalized spacial score (nSPS) is 56.3. The second-order valence-corrected chi connectivity index (χ2v) is 21.1. The van der Waals surface area contributed by atoms with Gasteiger partial charge in [-0.05, 0) is 86.4 Å². The molecule has 8 aliphatic rings. The molecule has 4 aliphatic heterocycles. The molecule has 12 N–H and O–H groups in total. The van der Waals surface area contributed by atoms with Crippen molar-refractivity contribution in [3.63, 3.8) is 0 Å². The highest BCUT2D eigenvalue weighted by molar-refractivity contribution is 5.18. The van der Waals surface area contributed by atoms with Gasteiger partial charge < -0.3 is 94.4 Å². The van der Waals surface area contributed by atoms with Crippen LogP contribution in [0.1, 0.15) is 85.5 Å². The van der Waals surface area contributed by atoms with Crippen LogP contribution in [0.5, 0.6) is 0 Å². The summed E-state index contributed by atoms with van der Waals surface area (Å²) in [6, 6.07) is 0. The van der Waals surface area contributed by atoms with Crippen molar-refractivity contribution in [1.29, 1.82) is 0 Å². The molecular formula is C44H74O19. The molecule has 0 aromatic heterocycles. The van der Waals surface area contributed by atoms with Crippen molar-refractivity contribution in [2.24, 2.45) is 52.3 Å². The first-order valence-corrected chi connectivity index (χ1v) is 23.4. The van der Waals surface area contributed by atoms with Gasteiger partial charge in [-0.25, -0.2) is 0 Å². The Balaban J connectivity index is 1.03. The van der Waals surface area contributed by atoms with E-state index in [4.69, 9.17) is 33.2 Å². The lowest BCUT2D eigenvalue weighted by Gasteiger charge is -2.63. The number of fused-ring (bicyclic) bond motifs is 7. The zero-order valence-electron chi connectivity index (χ0n) is 36.8. The fourth-order valence-electron chi connectivity index (χ4n) is 13.9. The molecule has 4 aliphatic carbocycles. The van der Waals surface area contributed by atoms with Gasteiger partial charge in [-0.1, -0.05) is 27.7 Å². The van der Waals surface area contributed by atoms with Crippen molar-refractivity contribution < 1.29 is 94.4 Å². The summed E-state index contributed by atoms with van der Waals surface area (Å²) in [6.07, 6.45) is -16.2. The van der Waals surface area contributed by atoms with Gasteiger partial charge in [0.25, 0.3) is 0 Å². The van der Waals surface area contributed by atoms with Gasteiger partial charge in [-0.3, -0.25) is 0 Å². The summed E-state index contributed by atoms with van der Waals surface area (Å²) in [6.45, 7) is 7.03. The van der Waals surface area contributed by atoms with Gasteiger partial charge in [0.1, 0.15) is 67.1 Å². The summed E-state index contributed by atoms with van der Waals surface area (Å²) in [5.74, 6) is -1.34. The van der Waals surface area contributed by atoms with Crippen LogP contribution in [0.3, 0.4) is 0 Å². The Morgan fingerprint density at radius 1 is 0.714 bits per heavy atom. The molecule has 8 rings (SSSR count). The lowest BCUT2D eigenvalue weighted by atomic mass is 9.43. The third-order valence-electron chi connectivity index (χ3n) is 17.7. The summed E-state index contributed by atoms with van der Waals surface area (Å²) < 4.78 is 42.6. The van der Waals surface area contributed by atoms with Crippen molar-refractivity contribution in [1.82, 2.24) is 0 Å². The molecule has 1 unspecified atom stereocenters. The number of hydrogen-bond donors (Lipinski definition) is 12. The predicted molar refractivity (Wildman–Crippen MR) is 214 cm³/mol. The molecule has 4 heterocycles. The Kier molecular flexibility index (Phi) is 14.4. The molecule has 19 heteroatoms. The zero-order chi connectivity index (χ0) is 45.5. The zero-order valence-corrected chi connectivity index (χ0v) is 36.8. The third kappa shape index (κ3) is 8.48. The van der Waals surface area contributed by atoms with Crippen molar-refractivity contribution in [3.8, 4) is 0 Å². The molecule has 0 aromatic carbocycles. The molecule has 4 saturated heterocycles. The molecule has 0 aromatic rings. The molecule has 0 amide bonds. The van der Waals surface area contributed by atoms with E-state index in [0.29, 0.717) is 37.5 Å². The van der Waals surface area contributed by atoms with Crippen molar-refractivity contribution in [2.45, 2.75) is 196 Å². The smallest absolute Gasteiger partial charge is 0.187 e. The summed E-state index contributed by atoms with van der Waals surface area (Å²) in [7, 11) is 0. The molecule has 0 radical (unpaired) electrons. The molecule has 4 saturated carbocycles. The lowest BCUT2D eigenvalue weighted by molar-refractivity contribution is -0.370. The Morgan fingerprint density at radius 2 is 1.38 bits per heavy atom. The van der Waals surface area contributed by atoms with Crippen LogP contribution in [0, 0.1) is 52.3 Å². The largest absolute Gasteiger partial charge is 0.394 e. The van der Waals surface area contributed by atoms with E-state index in [-0.39, 0.29) is 66.8 Å².